The second-order valence-corrected chi connectivity index (χ2v) is 8.66. The molecule has 1 aliphatic carbocycles. The Kier molecular flexibility index (Phi) is 7.83. The monoisotopic (exact) mass is 414 g/mol. The van der Waals surface area contributed by atoms with Gasteiger partial charge in [-0.1, -0.05) is 18.2 Å². The molecule has 0 saturated carbocycles. The van der Waals surface area contributed by atoms with Crippen LogP contribution >= 0.6 is 11.3 Å². The third-order valence-electron chi connectivity index (χ3n) is 5.65. The van der Waals surface area contributed by atoms with Crippen molar-refractivity contribution in [2.45, 2.75) is 46.0 Å². The van der Waals surface area contributed by atoms with E-state index in [-0.39, 0.29) is 11.8 Å². The molecule has 0 radical (unpaired) electrons. The van der Waals surface area contributed by atoms with Crippen LogP contribution in [-0.4, -0.2) is 38.0 Å². The topological polar surface area (TPSA) is 62.6 Å². The minimum absolute atomic E-state index is 0.0534. The van der Waals surface area contributed by atoms with Crippen LogP contribution in [0.5, 0.6) is 0 Å². The van der Waals surface area contributed by atoms with Gasteiger partial charge in [0.05, 0.1) is 25.2 Å². The van der Waals surface area contributed by atoms with Gasteiger partial charge in [0.25, 0.3) is 11.8 Å². The number of nitrogens with one attached hydrogen (secondary N) is 3. The highest BCUT2D eigenvalue weighted by molar-refractivity contribution is 7.17. The highest BCUT2D eigenvalue weighted by Gasteiger charge is 2.26. The predicted octanol–water partition coefficient (Wildman–Crippen LogP) is 2.92. The Morgan fingerprint density at radius 1 is 1.03 bits per heavy atom. The number of thiophene rings is 1. The Morgan fingerprint density at radius 2 is 1.76 bits per heavy atom. The van der Waals surface area contributed by atoms with Crippen molar-refractivity contribution in [3.05, 3.63) is 51.9 Å². The van der Waals surface area contributed by atoms with Crippen molar-refractivity contribution < 1.29 is 14.5 Å². The van der Waals surface area contributed by atoms with Crippen molar-refractivity contribution in [2.75, 3.05) is 31.5 Å². The summed E-state index contributed by atoms with van der Waals surface area (Å²) in [5.41, 5.74) is 2.42. The molecule has 0 atom stereocenters. The van der Waals surface area contributed by atoms with Gasteiger partial charge in [0.1, 0.15) is 5.00 Å². The van der Waals surface area contributed by atoms with E-state index in [4.69, 9.17) is 0 Å². The zero-order valence-corrected chi connectivity index (χ0v) is 18.3. The minimum atomic E-state index is -0.164. The maximum atomic E-state index is 13.0. The van der Waals surface area contributed by atoms with Crippen molar-refractivity contribution in [1.29, 1.82) is 0 Å². The molecule has 156 valence electrons. The molecule has 6 heteroatoms. The molecule has 2 aromatic rings. The lowest BCUT2D eigenvalue weighted by atomic mass is 9.95. The molecule has 1 aromatic heterocycles. The summed E-state index contributed by atoms with van der Waals surface area (Å²) in [6.45, 7) is 8.33. The molecule has 29 heavy (non-hydrogen) atoms. The largest absolute Gasteiger partial charge is 0.352 e. The SMILES string of the molecule is CC[NH+](CC)CCCNC(=O)c1c(NC(=O)c2ccccc2)sc2c1CCCC2. The zero-order valence-electron chi connectivity index (χ0n) is 17.5. The maximum Gasteiger partial charge on any atom is 0.256 e. The second kappa shape index (κ2) is 10.6. The van der Waals surface area contributed by atoms with Gasteiger partial charge >= 0.3 is 0 Å². The van der Waals surface area contributed by atoms with Crippen LogP contribution in [0, 0.1) is 0 Å². The number of benzene rings is 1. The van der Waals surface area contributed by atoms with Crippen molar-refractivity contribution in [3.8, 4) is 0 Å². The average Bonchev–Trinajstić information content (AvgIpc) is 3.12. The minimum Gasteiger partial charge on any atom is -0.352 e. The van der Waals surface area contributed by atoms with E-state index in [9.17, 15) is 9.59 Å². The number of amides is 2. The first-order valence-corrected chi connectivity index (χ1v) is 11.6. The van der Waals surface area contributed by atoms with E-state index in [0.717, 1.165) is 57.3 Å². The molecule has 1 heterocycles. The van der Waals surface area contributed by atoms with E-state index < -0.39 is 0 Å². The number of carbonyl (C=O) groups is 2. The highest BCUT2D eigenvalue weighted by Crippen LogP contribution is 2.38. The van der Waals surface area contributed by atoms with Gasteiger partial charge in [0.2, 0.25) is 0 Å². The smallest absolute Gasteiger partial charge is 0.256 e. The zero-order chi connectivity index (χ0) is 20.6. The molecule has 0 spiro atoms. The van der Waals surface area contributed by atoms with Crippen molar-refractivity contribution in [1.82, 2.24) is 5.32 Å². The Morgan fingerprint density at radius 3 is 2.48 bits per heavy atom. The van der Waals surface area contributed by atoms with E-state index in [1.54, 1.807) is 28.4 Å². The summed E-state index contributed by atoms with van der Waals surface area (Å²) < 4.78 is 0. The summed E-state index contributed by atoms with van der Waals surface area (Å²) in [6.07, 6.45) is 5.11. The summed E-state index contributed by atoms with van der Waals surface area (Å²) in [5, 5.41) is 6.79. The Balaban J connectivity index is 1.71. The molecule has 0 fully saturated rings. The molecule has 0 unspecified atom stereocenters. The molecular weight excluding hydrogens is 382 g/mol. The molecule has 1 aliphatic rings. The number of fused-ring (bicyclic) bond motifs is 1. The Bertz CT molecular complexity index is 828. The molecule has 0 saturated heterocycles. The first-order chi connectivity index (χ1) is 14.1. The first kappa shape index (κ1) is 21.5. The fourth-order valence-electron chi connectivity index (χ4n) is 3.89. The van der Waals surface area contributed by atoms with E-state index in [2.05, 4.69) is 24.5 Å². The number of rotatable bonds is 9. The van der Waals surface area contributed by atoms with Gasteiger partial charge in [-0.25, -0.2) is 0 Å². The van der Waals surface area contributed by atoms with Gasteiger partial charge in [-0.3, -0.25) is 9.59 Å². The van der Waals surface area contributed by atoms with E-state index in [1.165, 1.54) is 4.88 Å². The van der Waals surface area contributed by atoms with Gasteiger partial charge in [-0.05, 0) is 57.2 Å². The maximum absolute atomic E-state index is 13.0. The number of anilines is 1. The van der Waals surface area contributed by atoms with Crippen LogP contribution in [0.4, 0.5) is 5.00 Å². The molecule has 0 aliphatic heterocycles. The van der Waals surface area contributed by atoms with Crippen LogP contribution in [0.2, 0.25) is 0 Å². The van der Waals surface area contributed by atoms with E-state index >= 15 is 0 Å². The van der Waals surface area contributed by atoms with Crippen molar-refractivity contribution in [2.24, 2.45) is 0 Å². The molecule has 1 aromatic carbocycles. The molecule has 3 N–H and O–H groups in total. The van der Waals surface area contributed by atoms with Crippen LogP contribution < -0.4 is 15.5 Å². The molecule has 0 bridgehead atoms. The van der Waals surface area contributed by atoms with E-state index in [1.807, 2.05) is 18.2 Å². The summed E-state index contributed by atoms with van der Waals surface area (Å²) in [4.78, 5) is 28.5. The highest BCUT2D eigenvalue weighted by atomic mass is 32.1. The van der Waals surface area contributed by atoms with Crippen LogP contribution in [0.15, 0.2) is 30.3 Å². The molecule has 3 rings (SSSR count). The molecule has 2 amide bonds. The summed E-state index contributed by atoms with van der Waals surface area (Å²) >= 11 is 1.57. The van der Waals surface area contributed by atoms with Gasteiger partial charge in [-0.2, -0.15) is 0 Å². The summed E-state index contributed by atoms with van der Waals surface area (Å²) in [6, 6.07) is 9.16. The lowest BCUT2D eigenvalue weighted by molar-refractivity contribution is -0.896. The quantitative estimate of drug-likeness (QED) is 0.553. The second-order valence-electron chi connectivity index (χ2n) is 7.55. The van der Waals surface area contributed by atoms with Gasteiger partial charge in [0, 0.05) is 23.4 Å². The van der Waals surface area contributed by atoms with Gasteiger partial charge in [-0.15, -0.1) is 11.3 Å². The molecular formula is C23H32N3O2S+. The fraction of sp³-hybridized carbons (Fsp3) is 0.478. The number of hydrogen-bond donors (Lipinski definition) is 3. The van der Waals surface area contributed by atoms with E-state index in [0.29, 0.717) is 22.7 Å². The van der Waals surface area contributed by atoms with Crippen LogP contribution in [-0.2, 0) is 12.8 Å². The summed E-state index contributed by atoms with van der Waals surface area (Å²) in [5.74, 6) is -0.217. The predicted molar refractivity (Wildman–Crippen MR) is 119 cm³/mol. The third kappa shape index (κ3) is 5.46. The number of hydrogen-bond acceptors (Lipinski definition) is 3. The third-order valence-corrected chi connectivity index (χ3v) is 6.86. The normalized spacial score (nSPS) is 13.2. The lowest BCUT2D eigenvalue weighted by Crippen LogP contribution is -3.11. The van der Waals surface area contributed by atoms with Crippen LogP contribution in [0.1, 0.15) is 64.3 Å². The van der Waals surface area contributed by atoms with Gasteiger partial charge in [0.15, 0.2) is 0 Å². The van der Waals surface area contributed by atoms with Crippen LogP contribution in [0.3, 0.4) is 0 Å². The first-order valence-electron chi connectivity index (χ1n) is 10.8. The number of carbonyl (C=O) groups excluding carboxylic acids is 2. The van der Waals surface area contributed by atoms with Crippen molar-refractivity contribution >= 4 is 28.2 Å². The Labute approximate surface area is 177 Å². The average molecular weight is 415 g/mol. The number of quaternary nitrogens is 1. The molecule has 5 nitrogen and oxygen atoms in total. The van der Waals surface area contributed by atoms with Gasteiger partial charge < -0.3 is 15.5 Å². The van der Waals surface area contributed by atoms with Crippen molar-refractivity contribution in [3.63, 3.8) is 0 Å². The number of aryl methyl sites for hydroxylation is 1. The standard InChI is InChI=1S/C23H31N3O2S/c1-3-26(4-2)16-10-15-24-22(28)20-18-13-8-9-14-19(18)29-23(20)25-21(27)17-11-6-5-7-12-17/h5-7,11-12H,3-4,8-10,13-16H2,1-2H3,(H,24,28)(H,25,27)/p+1. The lowest BCUT2D eigenvalue weighted by Gasteiger charge is -2.16. The fourth-order valence-corrected chi connectivity index (χ4v) is 5.17. The Hall–Kier alpha value is -2.18. The summed E-state index contributed by atoms with van der Waals surface area (Å²) in [7, 11) is 0. The van der Waals surface area contributed by atoms with Crippen LogP contribution in [0.25, 0.3) is 0 Å².